The second-order valence-electron chi connectivity index (χ2n) is 5.37. The van der Waals surface area contributed by atoms with Crippen molar-refractivity contribution < 1.29 is 4.79 Å². The molecule has 0 aliphatic heterocycles. The van der Waals surface area contributed by atoms with Crippen LogP contribution in [0.1, 0.15) is 31.9 Å². The summed E-state index contributed by atoms with van der Waals surface area (Å²) in [6.07, 6.45) is 0.542. The normalized spacial score (nSPS) is 13.7. The number of hydrogen-bond acceptors (Lipinski definition) is 3. The first-order valence-corrected chi connectivity index (χ1v) is 7.71. The van der Waals surface area contributed by atoms with Crippen LogP contribution in [0.5, 0.6) is 0 Å². The predicted molar refractivity (Wildman–Crippen MR) is 84.0 cm³/mol. The molecule has 102 valence electrons. The van der Waals surface area contributed by atoms with Crippen molar-refractivity contribution >= 4 is 43.3 Å². The number of thiophene rings is 1. The number of nitrogens with two attached hydrogens (primary N) is 2. The molecule has 3 nitrogen and oxygen atoms in total. The second kappa shape index (κ2) is 5.23. The van der Waals surface area contributed by atoms with E-state index in [9.17, 15) is 4.79 Å². The van der Waals surface area contributed by atoms with Crippen LogP contribution in [0.3, 0.4) is 0 Å². The van der Waals surface area contributed by atoms with Crippen LogP contribution in [0.15, 0.2) is 28.1 Å². The van der Waals surface area contributed by atoms with E-state index in [0.29, 0.717) is 6.42 Å². The lowest BCUT2D eigenvalue weighted by Crippen LogP contribution is -2.34. The molecule has 0 aliphatic carbocycles. The minimum absolute atomic E-state index is 0.189. The van der Waals surface area contributed by atoms with Crippen molar-refractivity contribution in [1.29, 1.82) is 0 Å². The monoisotopic (exact) mass is 340 g/mol. The number of rotatable bonds is 4. The zero-order chi connectivity index (χ0) is 14.2. The minimum atomic E-state index is -0.598. The first kappa shape index (κ1) is 14.5. The molecule has 2 aromatic rings. The summed E-state index contributed by atoms with van der Waals surface area (Å²) in [6.45, 7) is 3.67. The minimum Gasteiger partial charge on any atom is -0.369 e. The Morgan fingerprint density at radius 3 is 2.79 bits per heavy atom. The highest BCUT2D eigenvalue weighted by Crippen LogP contribution is 2.37. The van der Waals surface area contributed by atoms with Gasteiger partial charge in [-0.3, -0.25) is 4.79 Å². The molecular weight excluding hydrogens is 324 g/mol. The van der Waals surface area contributed by atoms with Crippen LogP contribution in [0, 0.1) is 5.41 Å². The quantitative estimate of drug-likeness (QED) is 0.893. The smallest absolute Gasteiger partial charge is 0.223 e. The van der Waals surface area contributed by atoms with E-state index in [0.717, 1.165) is 15.4 Å². The van der Waals surface area contributed by atoms with Crippen LogP contribution in [0.2, 0.25) is 0 Å². The lowest BCUT2D eigenvalue weighted by atomic mass is 9.83. The molecular formula is C14H17BrN2OS. The van der Waals surface area contributed by atoms with Crippen LogP contribution in [-0.2, 0) is 4.79 Å². The number of hydrogen-bond donors (Lipinski definition) is 2. The molecule has 0 aliphatic rings. The summed E-state index contributed by atoms with van der Waals surface area (Å²) in [4.78, 5) is 11.4. The molecule has 0 bridgehead atoms. The first-order chi connectivity index (χ1) is 8.83. The summed E-state index contributed by atoms with van der Waals surface area (Å²) < 4.78 is 2.26. The van der Waals surface area contributed by atoms with Gasteiger partial charge in [-0.15, -0.1) is 11.3 Å². The second-order valence-corrected chi connectivity index (χ2v) is 7.10. The number of carbonyl (C=O) groups excluding carboxylic acids is 1. The Balaban J connectivity index is 2.35. The number of primary amides is 1. The van der Waals surface area contributed by atoms with E-state index in [1.807, 2.05) is 26.0 Å². The van der Waals surface area contributed by atoms with Crippen molar-refractivity contribution in [3.8, 4) is 0 Å². The van der Waals surface area contributed by atoms with E-state index < -0.39 is 5.41 Å². The zero-order valence-corrected chi connectivity index (χ0v) is 13.3. The topological polar surface area (TPSA) is 69.1 Å². The lowest BCUT2D eigenvalue weighted by molar-refractivity contribution is -0.126. The first-order valence-electron chi connectivity index (χ1n) is 6.04. The van der Waals surface area contributed by atoms with Crippen molar-refractivity contribution in [2.24, 2.45) is 16.9 Å². The Morgan fingerprint density at radius 2 is 2.16 bits per heavy atom. The number of fused-ring (bicyclic) bond motifs is 1. The lowest BCUT2D eigenvalue weighted by Gasteiger charge is -2.24. The molecule has 0 radical (unpaired) electrons. The third-order valence-electron chi connectivity index (χ3n) is 3.38. The van der Waals surface area contributed by atoms with Crippen LogP contribution in [0.4, 0.5) is 0 Å². The van der Waals surface area contributed by atoms with Crippen LogP contribution in [-0.4, -0.2) is 5.91 Å². The number of carbonyl (C=O) groups is 1. The van der Waals surface area contributed by atoms with E-state index in [-0.39, 0.29) is 11.9 Å². The van der Waals surface area contributed by atoms with E-state index in [1.165, 1.54) is 4.70 Å². The van der Waals surface area contributed by atoms with Crippen molar-refractivity contribution in [3.05, 3.63) is 33.6 Å². The van der Waals surface area contributed by atoms with Gasteiger partial charge in [0, 0.05) is 20.6 Å². The van der Waals surface area contributed by atoms with Crippen LogP contribution < -0.4 is 11.5 Å². The van der Waals surface area contributed by atoms with E-state index in [2.05, 4.69) is 27.4 Å². The van der Waals surface area contributed by atoms with Gasteiger partial charge >= 0.3 is 0 Å². The summed E-state index contributed by atoms with van der Waals surface area (Å²) in [5.41, 5.74) is 12.2. The Morgan fingerprint density at radius 1 is 1.47 bits per heavy atom. The van der Waals surface area contributed by atoms with Crippen LogP contribution in [0.25, 0.3) is 10.1 Å². The van der Waals surface area contributed by atoms with Crippen LogP contribution >= 0.6 is 27.3 Å². The fourth-order valence-electron chi connectivity index (χ4n) is 2.09. The maximum Gasteiger partial charge on any atom is 0.223 e. The Bertz CT molecular complexity index is 621. The van der Waals surface area contributed by atoms with Gasteiger partial charge in [-0.1, -0.05) is 26.0 Å². The molecule has 2 rings (SSSR count). The van der Waals surface area contributed by atoms with Crippen molar-refractivity contribution in [2.75, 3.05) is 0 Å². The highest BCUT2D eigenvalue weighted by atomic mass is 79.9. The number of amides is 1. The summed E-state index contributed by atoms with van der Waals surface area (Å²) >= 11 is 5.20. The molecule has 0 saturated carbocycles. The fourth-order valence-corrected chi connectivity index (χ4v) is 3.78. The average molecular weight is 341 g/mol. The molecule has 0 fully saturated rings. The van der Waals surface area contributed by atoms with Crippen molar-refractivity contribution in [2.45, 2.75) is 26.3 Å². The maximum absolute atomic E-state index is 11.4. The van der Waals surface area contributed by atoms with Crippen molar-refractivity contribution in [1.82, 2.24) is 0 Å². The Labute approximate surface area is 125 Å². The summed E-state index contributed by atoms with van der Waals surface area (Å²) in [5, 5.41) is 3.21. The van der Waals surface area contributed by atoms with E-state index >= 15 is 0 Å². The Hall–Kier alpha value is -0.910. The largest absolute Gasteiger partial charge is 0.369 e. The van der Waals surface area contributed by atoms with E-state index in [4.69, 9.17) is 11.5 Å². The number of benzene rings is 1. The molecule has 1 unspecified atom stereocenters. The van der Waals surface area contributed by atoms with Gasteiger partial charge in [0.1, 0.15) is 0 Å². The average Bonchev–Trinajstić information content (AvgIpc) is 2.73. The number of halogens is 1. The molecule has 5 heteroatoms. The molecule has 0 spiro atoms. The molecule has 1 aromatic heterocycles. The molecule has 4 N–H and O–H groups in total. The van der Waals surface area contributed by atoms with Gasteiger partial charge in [0.25, 0.3) is 0 Å². The Kier molecular flexibility index (Phi) is 3.99. The van der Waals surface area contributed by atoms with Gasteiger partial charge in [0.05, 0.1) is 0 Å². The molecule has 19 heavy (non-hydrogen) atoms. The molecule has 0 saturated heterocycles. The molecule has 1 amide bonds. The van der Waals surface area contributed by atoms with E-state index in [1.54, 1.807) is 11.3 Å². The van der Waals surface area contributed by atoms with Gasteiger partial charge in [-0.25, -0.2) is 0 Å². The predicted octanol–water partition coefficient (Wildman–Crippen LogP) is 3.57. The highest BCUT2D eigenvalue weighted by molar-refractivity contribution is 9.10. The highest BCUT2D eigenvalue weighted by Gasteiger charge is 2.29. The third-order valence-corrected chi connectivity index (χ3v) is 5.35. The molecule has 1 aromatic carbocycles. The fraction of sp³-hybridized carbons (Fsp3) is 0.357. The standard InChI is InChI=1S/C14H17BrN2OS/c1-14(2,13(17)18)6-11(16)9-7-19-12-8(9)4-3-5-10(12)15/h3-5,7,11H,6,16H2,1-2H3,(H2,17,18). The van der Waals surface area contributed by atoms with Gasteiger partial charge in [-0.05, 0) is 44.7 Å². The summed E-state index contributed by atoms with van der Waals surface area (Å²) in [6, 6.07) is 5.88. The SMILES string of the molecule is CC(C)(CC(N)c1csc2c(Br)cccc12)C(N)=O. The van der Waals surface area contributed by atoms with Crippen molar-refractivity contribution in [3.63, 3.8) is 0 Å². The summed E-state index contributed by atoms with van der Waals surface area (Å²) in [5.74, 6) is -0.316. The maximum atomic E-state index is 11.4. The van der Waals surface area contributed by atoms with Gasteiger partial charge in [-0.2, -0.15) is 0 Å². The van der Waals surface area contributed by atoms with Gasteiger partial charge in [0.2, 0.25) is 5.91 Å². The third kappa shape index (κ3) is 2.83. The molecule has 1 heterocycles. The summed E-state index contributed by atoms with van der Waals surface area (Å²) in [7, 11) is 0. The zero-order valence-electron chi connectivity index (χ0n) is 10.9. The molecule has 1 atom stereocenters. The van der Waals surface area contributed by atoms with Gasteiger partial charge < -0.3 is 11.5 Å². The van der Waals surface area contributed by atoms with Gasteiger partial charge in [0.15, 0.2) is 0 Å².